The highest BCUT2D eigenvalue weighted by atomic mass is 19.1. The predicted octanol–water partition coefficient (Wildman–Crippen LogP) is 1.87. The highest BCUT2D eigenvalue weighted by Gasteiger charge is 2.21. The van der Waals surface area contributed by atoms with E-state index in [0.717, 1.165) is 18.5 Å². The van der Waals surface area contributed by atoms with Gasteiger partial charge >= 0.3 is 0 Å². The van der Waals surface area contributed by atoms with Crippen LogP contribution in [-0.4, -0.2) is 13.7 Å². The lowest BCUT2D eigenvalue weighted by Crippen LogP contribution is -2.35. The van der Waals surface area contributed by atoms with Crippen molar-refractivity contribution in [2.24, 2.45) is 0 Å². The number of hydrogen-bond acceptors (Lipinski definition) is 2. The molecule has 1 aliphatic heterocycles. The summed E-state index contributed by atoms with van der Waals surface area (Å²) >= 11 is 0. The number of hydrogen-bond donors (Lipinski definition) is 1. The van der Waals surface area contributed by atoms with Gasteiger partial charge in [0.25, 0.3) is 0 Å². The molecule has 1 heterocycles. The summed E-state index contributed by atoms with van der Waals surface area (Å²) in [5.41, 5.74) is 1.05. The molecule has 1 aliphatic rings. The number of nitrogens with one attached hydrogen (secondary N) is 1. The van der Waals surface area contributed by atoms with E-state index in [1.165, 1.54) is 12.1 Å². The minimum absolute atomic E-state index is 0.250. The summed E-state index contributed by atoms with van der Waals surface area (Å²) in [6.07, 6.45) is 1.10. The van der Waals surface area contributed by atoms with E-state index in [1.807, 2.05) is 0 Å². The van der Waals surface area contributed by atoms with Crippen molar-refractivity contribution in [2.75, 3.05) is 13.7 Å². The molecule has 0 aromatic heterocycles. The zero-order valence-corrected chi connectivity index (χ0v) is 7.51. The molecule has 13 heavy (non-hydrogen) atoms. The van der Waals surface area contributed by atoms with E-state index in [2.05, 4.69) is 5.32 Å². The van der Waals surface area contributed by atoms with Crippen LogP contribution in [0.25, 0.3) is 0 Å². The van der Waals surface area contributed by atoms with Crippen LogP contribution in [0.2, 0.25) is 0 Å². The maximum Gasteiger partial charge on any atom is 0.126 e. The Hall–Kier alpha value is -1.09. The third-order valence-electron chi connectivity index (χ3n) is 2.39. The molecule has 0 radical (unpaired) electrons. The molecular weight excluding hydrogens is 169 g/mol. The standard InChI is InChI=1S/C10H12FNO/c1-13-10-6-7(11)2-3-8(10)9-4-5-12-9/h2-3,6,9,12H,4-5H2,1H3. The summed E-state index contributed by atoms with van der Waals surface area (Å²) in [6, 6.07) is 5.02. The third-order valence-corrected chi connectivity index (χ3v) is 2.39. The molecule has 0 aliphatic carbocycles. The summed E-state index contributed by atoms with van der Waals surface area (Å²) in [4.78, 5) is 0. The number of benzene rings is 1. The minimum Gasteiger partial charge on any atom is -0.496 e. The molecule has 1 unspecified atom stereocenters. The fourth-order valence-corrected chi connectivity index (χ4v) is 1.53. The SMILES string of the molecule is COc1cc(F)ccc1C1CCN1. The number of methoxy groups -OCH3 is 1. The molecule has 0 amide bonds. The first kappa shape index (κ1) is 8.51. The van der Waals surface area contributed by atoms with Gasteiger partial charge in [0.05, 0.1) is 7.11 Å². The molecule has 1 saturated heterocycles. The highest BCUT2D eigenvalue weighted by molar-refractivity contribution is 5.37. The molecule has 2 nitrogen and oxygen atoms in total. The van der Waals surface area contributed by atoms with E-state index in [1.54, 1.807) is 13.2 Å². The smallest absolute Gasteiger partial charge is 0.126 e. The maximum absolute atomic E-state index is 12.8. The molecule has 70 valence electrons. The topological polar surface area (TPSA) is 21.3 Å². The van der Waals surface area contributed by atoms with Gasteiger partial charge in [0.1, 0.15) is 11.6 Å². The fraction of sp³-hybridized carbons (Fsp3) is 0.400. The first-order valence-corrected chi connectivity index (χ1v) is 4.38. The second-order valence-electron chi connectivity index (χ2n) is 3.18. The summed E-state index contributed by atoms with van der Waals surface area (Å²) < 4.78 is 17.9. The Morgan fingerprint density at radius 2 is 2.31 bits per heavy atom. The van der Waals surface area contributed by atoms with Crippen LogP contribution in [0.4, 0.5) is 4.39 Å². The third kappa shape index (κ3) is 1.52. The second kappa shape index (κ2) is 3.34. The van der Waals surface area contributed by atoms with Crippen molar-refractivity contribution in [1.29, 1.82) is 0 Å². The molecule has 1 aromatic carbocycles. The van der Waals surface area contributed by atoms with Crippen molar-refractivity contribution in [2.45, 2.75) is 12.5 Å². The predicted molar refractivity (Wildman–Crippen MR) is 48.3 cm³/mol. The van der Waals surface area contributed by atoms with Gasteiger partial charge in [0, 0.05) is 17.7 Å². The van der Waals surface area contributed by atoms with Crippen LogP contribution in [0.3, 0.4) is 0 Å². The molecule has 1 atom stereocenters. The Morgan fingerprint density at radius 1 is 1.54 bits per heavy atom. The normalized spacial score (nSPS) is 20.9. The summed E-state index contributed by atoms with van der Waals surface area (Å²) in [5, 5.41) is 3.25. The van der Waals surface area contributed by atoms with E-state index in [4.69, 9.17) is 4.74 Å². The largest absolute Gasteiger partial charge is 0.496 e. The molecule has 0 saturated carbocycles. The Kier molecular flexibility index (Phi) is 2.19. The number of rotatable bonds is 2. The van der Waals surface area contributed by atoms with Crippen molar-refractivity contribution in [3.8, 4) is 5.75 Å². The van der Waals surface area contributed by atoms with E-state index in [-0.39, 0.29) is 5.82 Å². The molecule has 1 N–H and O–H groups in total. The van der Waals surface area contributed by atoms with Gasteiger partial charge in [-0.3, -0.25) is 0 Å². The minimum atomic E-state index is -0.250. The average Bonchev–Trinajstić information content (AvgIpc) is 2.05. The van der Waals surface area contributed by atoms with Gasteiger partial charge in [-0.2, -0.15) is 0 Å². The van der Waals surface area contributed by atoms with E-state index in [0.29, 0.717) is 11.8 Å². The van der Waals surface area contributed by atoms with Gasteiger partial charge in [0.15, 0.2) is 0 Å². The molecule has 2 rings (SSSR count). The number of ether oxygens (including phenoxy) is 1. The van der Waals surface area contributed by atoms with Crippen LogP contribution in [-0.2, 0) is 0 Å². The van der Waals surface area contributed by atoms with Gasteiger partial charge in [-0.15, -0.1) is 0 Å². The van der Waals surface area contributed by atoms with Gasteiger partial charge < -0.3 is 10.1 Å². The monoisotopic (exact) mass is 181 g/mol. The van der Waals surface area contributed by atoms with Gasteiger partial charge in [-0.05, 0) is 19.0 Å². The average molecular weight is 181 g/mol. The Balaban J connectivity index is 2.32. The second-order valence-corrected chi connectivity index (χ2v) is 3.18. The van der Waals surface area contributed by atoms with Crippen molar-refractivity contribution in [3.63, 3.8) is 0 Å². The summed E-state index contributed by atoms with van der Waals surface area (Å²) in [5.74, 6) is 0.386. The van der Waals surface area contributed by atoms with Crippen molar-refractivity contribution < 1.29 is 9.13 Å². The van der Waals surface area contributed by atoms with Crippen molar-refractivity contribution in [3.05, 3.63) is 29.6 Å². The van der Waals surface area contributed by atoms with Crippen LogP contribution in [0.5, 0.6) is 5.75 Å². The molecule has 0 spiro atoms. The molecule has 0 bridgehead atoms. The van der Waals surface area contributed by atoms with Crippen molar-refractivity contribution in [1.82, 2.24) is 5.32 Å². The van der Waals surface area contributed by atoms with E-state index in [9.17, 15) is 4.39 Å². The Bertz CT molecular complexity index is 310. The van der Waals surface area contributed by atoms with Crippen LogP contribution in [0.1, 0.15) is 18.0 Å². The first-order chi connectivity index (χ1) is 6.31. The Morgan fingerprint density at radius 3 is 2.85 bits per heavy atom. The maximum atomic E-state index is 12.8. The van der Waals surface area contributed by atoms with Gasteiger partial charge in [0.2, 0.25) is 0 Å². The zero-order valence-electron chi connectivity index (χ0n) is 7.51. The van der Waals surface area contributed by atoms with Gasteiger partial charge in [-0.1, -0.05) is 6.07 Å². The molecule has 1 fully saturated rings. The van der Waals surface area contributed by atoms with E-state index >= 15 is 0 Å². The van der Waals surface area contributed by atoms with Gasteiger partial charge in [-0.25, -0.2) is 4.39 Å². The summed E-state index contributed by atoms with van der Waals surface area (Å²) in [6.45, 7) is 1.03. The van der Waals surface area contributed by atoms with E-state index < -0.39 is 0 Å². The molecule has 3 heteroatoms. The van der Waals surface area contributed by atoms with Crippen LogP contribution in [0, 0.1) is 5.82 Å². The zero-order chi connectivity index (χ0) is 9.26. The van der Waals surface area contributed by atoms with Crippen LogP contribution in [0.15, 0.2) is 18.2 Å². The van der Waals surface area contributed by atoms with Crippen LogP contribution >= 0.6 is 0 Å². The lowest BCUT2D eigenvalue weighted by molar-refractivity contribution is 0.351. The first-order valence-electron chi connectivity index (χ1n) is 4.38. The lowest BCUT2D eigenvalue weighted by Gasteiger charge is -2.29. The molecular formula is C10H12FNO. The number of halogens is 1. The van der Waals surface area contributed by atoms with Crippen LogP contribution < -0.4 is 10.1 Å². The Labute approximate surface area is 76.7 Å². The fourth-order valence-electron chi connectivity index (χ4n) is 1.53. The quantitative estimate of drug-likeness (QED) is 0.752. The molecule has 1 aromatic rings. The lowest BCUT2D eigenvalue weighted by atomic mass is 9.97. The van der Waals surface area contributed by atoms with Crippen molar-refractivity contribution >= 4 is 0 Å². The highest BCUT2D eigenvalue weighted by Crippen LogP contribution is 2.31. The summed E-state index contributed by atoms with van der Waals surface area (Å²) in [7, 11) is 1.57.